The maximum atomic E-state index is 12.1. The molecule has 1 aromatic carbocycles. The third kappa shape index (κ3) is 3.27. The summed E-state index contributed by atoms with van der Waals surface area (Å²) in [5, 5.41) is 21.3. The Hall–Kier alpha value is -2.08. The summed E-state index contributed by atoms with van der Waals surface area (Å²) in [5.74, 6) is -1.08. The van der Waals surface area contributed by atoms with Crippen LogP contribution in [0.2, 0.25) is 0 Å². The zero-order valence-corrected chi connectivity index (χ0v) is 11.3. The van der Waals surface area contributed by atoms with Gasteiger partial charge >= 0.3 is 12.0 Å². The lowest BCUT2D eigenvalue weighted by atomic mass is 10.1. The number of hydrogen-bond acceptors (Lipinski definition) is 3. The fraction of sp³-hybridized carbons (Fsp3) is 0.429. The van der Waals surface area contributed by atoms with Crippen LogP contribution in [0, 0.1) is 6.92 Å². The number of aliphatic hydroxyl groups is 1. The first-order valence-electron chi connectivity index (χ1n) is 6.55. The molecule has 0 radical (unpaired) electrons. The van der Waals surface area contributed by atoms with Gasteiger partial charge in [0.1, 0.15) is 0 Å². The number of aromatic carboxylic acids is 1. The summed E-state index contributed by atoms with van der Waals surface area (Å²) in [6, 6.07) is 4.46. The molecule has 1 heterocycles. The predicted octanol–water partition coefficient (Wildman–Crippen LogP) is 1.68. The zero-order valence-electron chi connectivity index (χ0n) is 11.3. The van der Waals surface area contributed by atoms with Crippen LogP contribution >= 0.6 is 0 Å². The number of carbonyl (C=O) groups excluding carboxylic acids is 1. The number of carboxylic acids is 1. The van der Waals surface area contributed by atoms with Crippen molar-refractivity contribution in [3.63, 3.8) is 0 Å². The lowest BCUT2D eigenvalue weighted by molar-refractivity contribution is 0.0697. The van der Waals surface area contributed by atoms with Crippen LogP contribution in [-0.4, -0.2) is 46.3 Å². The standard InChI is InChI=1S/C14H18N2O4/c1-9-4-5-12(11(7-9)13(18)19)15-14(20)16-6-2-3-10(17)8-16/h4-5,7,10,17H,2-3,6,8H2,1H3,(H,15,20)(H,18,19). The SMILES string of the molecule is Cc1ccc(NC(=O)N2CCCC(O)C2)c(C(=O)O)c1. The second-order valence-electron chi connectivity index (χ2n) is 5.03. The van der Waals surface area contributed by atoms with Gasteiger partial charge in [-0.1, -0.05) is 11.6 Å². The fourth-order valence-electron chi connectivity index (χ4n) is 2.28. The quantitative estimate of drug-likeness (QED) is 0.767. The number of rotatable bonds is 2. The van der Waals surface area contributed by atoms with Crippen molar-refractivity contribution in [1.29, 1.82) is 0 Å². The average molecular weight is 278 g/mol. The number of hydrogen-bond donors (Lipinski definition) is 3. The minimum absolute atomic E-state index is 0.0657. The number of benzene rings is 1. The highest BCUT2D eigenvalue weighted by Gasteiger charge is 2.23. The minimum Gasteiger partial charge on any atom is -0.478 e. The van der Waals surface area contributed by atoms with Crippen LogP contribution in [0.3, 0.4) is 0 Å². The van der Waals surface area contributed by atoms with E-state index in [4.69, 9.17) is 5.11 Å². The normalized spacial score (nSPS) is 18.7. The third-order valence-electron chi connectivity index (χ3n) is 3.33. The summed E-state index contributed by atoms with van der Waals surface area (Å²) >= 11 is 0. The molecule has 6 nitrogen and oxygen atoms in total. The summed E-state index contributed by atoms with van der Waals surface area (Å²) in [7, 11) is 0. The molecule has 2 amide bonds. The summed E-state index contributed by atoms with van der Waals surface area (Å²) in [6.45, 7) is 2.64. The van der Waals surface area contributed by atoms with E-state index >= 15 is 0 Å². The number of carboxylic acid groups (broad SMARTS) is 1. The van der Waals surface area contributed by atoms with Crippen molar-refractivity contribution in [1.82, 2.24) is 4.90 Å². The number of likely N-dealkylation sites (tertiary alicyclic amines) is 1. The van der Waals surface area contributed by atoms with Gasteiger partial charge in [0.25, 0.3) is 0 Å². The van der Waals surface area contributed by atoms with Gasteiger partial charge in [-0.3, -0.25) is 0 Å². The molecular weight excluding hydrogens is 260 g/mol. The number of urea groups is 1. The number of β-amino-alcohol motifs (C(OH)–C–C–N with tert-alkyl or cyclic N) is 1. The van der Waals surface area contributed by atoms with Gasteiger partial charge in [-0.05, 0) is 31.9 Å². The van der Waals surface area contributed by atoms with E-state index in [2.05, 4.69) is 5.32 Å². The van der Waals surface area contributed by atoms with Crippen molar-refractivity contribution >= 4 is 17.7 Å². The zero-order chi connectivity index (χ0) is 14.7. The molecule has 0 spiro atoms. The Bertz CT molecular complexity index is 530. The van der Waals surface area contributed by atoms with Crippen molar-refractivity contribution in [3.8, 4) is 0 Å². The van der Waals surface area contributed by atoms with Crippen LogP contribution in [0.15, 0.2) is 18.2 Å². The monoisotopic (exact) mass is 278 g/mol. The summed E-state index contributed by atoms with van der Waals surface area (Å²) < 4.78 is 0. The van der Waals surface area contributed by atoms with E-state index in [0.29, 0.717) is 13.0 Å². The van der Waals surface area contributed by atoms with Crippen LogP contribution in [0.25, 0.3) is 0 Å². The van der Waals surface area contributed by atoms with Crippen molar-refractivity contribution in [2.45, 2.75) is 25.9 Å². The number of nitrogens with zero attached hydrogens (tertiary/aromatic N) is 1. The number of piperidine rings is 1. The third-order valence-corrected chi connectivity index (χ3v) is 3.33. The lowest BCUT2D eigenvalue weighted by Crippen LogP contribution is -2.44. The largest absolute Gasteiger partial charge is 0.478 e. The number of nitrogens with one attached hydrogen (secondary N) is 1. The molecule has 1 saturated heterocycles. The van der Waals surface area contributed by atoms with E-state index in [1.807, 2.05) is 0 Å². The molecule has 1 aliphatic rings. The van der Waals surface area contributed by atoms with E-state index in [9.17, 15) is 14.7 Å². The van der Waals surface area contributed by atoms with E-state index < -0.39 is 12.1 Å². The molecule has 108 valence electrons. The molecule has 0 aliphatic carbocycles. The molecule has 0 bridgehead atoms. The van der Waals surface area contributed by atoms with E-state index in [1.54, 1.807) is 19.1 Å². The first-order valence-corrected chi connectivity index (χ1v) is 6.55. The van der Waals surface area contributed by atoms with Gasteiger partial charge in [-0.25, -0.2) is 9.59 Å². The van der Waals surface area contributed by atoms with Crippen LogP contribution in [-0.2, 0) is 0 Å². The van der Waals surface area contributed by atoms with Crippen molar-refractivity contribution in [2.24, 2.45) is 0 Å². The second kappa shape index (κ2) is 5.92. The summed E-state index contributed by atoms with van der Waals surface area (Å²) in [4.78, 5) is 24.8. The van der Waals surface area contributed by atoms with Crippen molar-refractivity contribution in [3.05, 3.63) is 29.3 Å². The molecule has 1 fully saturated rings. The number of carbonyl (C=O) groups is 2. The summed E-state index contributed by atoms with van der Waals surface area (Å²) in [5.41, 5.74) is 1.15. The highest BCUT2D eigenvalue weighted by Crippen LogP contribution is 2.19. The smallest absolute Gasteiger partial charge is 0.337 e. The van der Waals surface area contributed by atoms with Gasteiger partial charge in [0.2, 0.25) is 0 Å². The lowest BCUT2D eigenvalue weighted by Gasteiger charge is -2.30. The van der Waals surface area contributed by atoms with Crippen LogP contribution in [0.4, 0.5) is 10.5 Å². The minimum atomic E-state index is -1.08. The molecule has 1 aromatic rings. The van der Waals surface area contributed by atoms with E-state index in [1.165, 1.54) is 11.0 Å². The van der Waals surface area contributed by atoms with Gasteiger partial charge < -0.3 is 20.4 Å². The highest BCUT2D eigenvalue weighted by molar-refractivity contribution is 6.00. The van der Waals surface area contributed by atoms with Gasteiger partial charge in [0.05, 0.1) is 17.4 Å². The molecule has 6 heteroatoms. The van der Waals surface area contributed by atoms with Gasteiger partial charge in [-0.15, -0.1) is 0 Å². The van der Waals surface area contributed by atoms with E-state index in [-0.39, 0.29) is 23.8 Å². The van der Waals surface area contributed by atoms with E-state index in [0.717, 1.165) is 12.0 Å². The number of aryl methyl sites for hydroxylation is 1. The van der Waals surface area contributed by atoms with Crippen LogP contribution in [0.5, 0.6) is 0 Å². The Morgan fingerprint density at radius 2 is 2.15 bits per heavy atom. The molecule has 1 atom stereocenters. The Morgan fingerprint density at radius 3 is 2.80 bits per heavy atom. The number of amides is 2. The molecule has 2 rings (SSSR count). The second-order valence-corrected chi connectivity index (χ2v) is 5.03. The first-order chi connectivity index (χ1) is 9.47. The fourth-order valence-corrected chi connectivity index (χ4v) is 2.28. The maximum Gasteiger partial charge on any atom is 0.337 e. The first kappa shape index (κ1) is 14.3. The van der Waals surface area contributed by atoms with Gasteiger partial charge in [-0.2, -0.15) is 0 Å². The van der Waals surface area contributed by atoms with Gasteiger partial charge in [0.15, 0.2) is 0 Å². The van der Waals surface area contributed by atoms with Crippen molar-refractivity contribution in [2.75, 3.05) is 18.4 Å². The average Bonchev–Trinajstić information content (AvgIpc) is 2.40. The summed E-state index contributed by atoms with van der Waals surface area (Å²) in [6.07, 6.45) is 0.926. The Morgan fingerprint density at radius 1 is 1.40 bits per heavy atom. The Balaban J connectivity index is 2.13. The Kier molecular flexibility index (Phi) is 4.24. The maximum absolute atomic E-state index is 12.1. The number of aliphatic hydroxyl groups excluding tert-OH is 1. The van der Waals surface area contributed by atoms with Crippen LogP contribution in [0.1, 0.15) is 28.8 Å². The van der Waals surface area contributed by atoms with Crippen LogP contribution < -0.4 is 5.32 Å². The molecule has 1 aliphatic heterocycles. The van der Waals surface area contributed by atoms with Crippen molar-refractivity contribution < 1.29 is 19.8 Å². The molecule has 3 N–H and O–H groups in total. The van der Waals surface area contributed by atoms with Gasteiger partial charge in [0, 0.05) is 13.1 Å². The topological polar surface area (TPSA) is 89.9 Å². The molecule has 1 unspecified atom stereocenters. The number of anilines is 1. The molecule has 0 saturated carbocycles. The molecule has 0 aromatic heterocycles. The molecule has 20 heavy (non-hydrogen) atoms. The highest BCUT2D eigenvalue weighted by atomic mass is 16.4. The predicted molar refractivity (Wildman–Crippen MR) is 74.0 cm³/mol. The molecular formula is C14H18N2O4. The Labute approximate surface area is 117 Å².